The van der Waals surface area contributed by atoms with Crippen LogP contribution in [0.25, 0.3) is 22.0 Å². The molecule has 0 radical (unpaired) electrons. The Bertz CT molecular complexity index is 1230. The van der Waals surface area contributed by atoms with E-state index in [0.717, 1.165) is 41.7 Å². The van der Waals surface area contributed by atoms with E-state index in [-0.39, 0.29) is 5.91 Å². The molecule has 0 saturated carbocycles. The van der Waals surface area contributed by atoms with Crippen LogP contribution >= 0.6 is 0 Å². The van der Waals surface area contributed by atoms with E-state index in [9.17, 15) is 4.79 Å². The number of hydrogen-bond acceptors (Lipinski definition) is 6. The number of aromatic nitrogens is 4. The van der Waals surface area contributed by atoms with Gasteiger partial charge >= 0.3 is 0 Å². The number of carbonyl (C=O) groups is 1. The lowest BCUT2D eigenvalue weighted by molar-refractivity contribution is 0.102. The second-order valence-electron chi connectivity index (χ2n) is 7.82. The van der Waals surface area contributed by atoms with Crippen LogP contribution in [-0.2, 0) is 6.54 Å². The summed E-state index contributed by atoms with van der Waals surface area (Å²) in [7, 11) is 0. The highest BCUT2D eigenvalue weighted by Gasteiger charge is 2.16. The highest BCUT2D eigenvalue weighted by Crippen LogP contribution is 2.26. The number of nitrogens with zero attached hydrogens (tertiary/aromatic N) is 4. The predicted molar refractivity (Wildman–Crippen MR) is 120 cm³/mol. The Morgan fingerprint density at radius 1 is 1.06 bits per heavy atom. The summed E-state index contributed by atoms with van der Waals surface area (Å²) in [6.45, 7) is 3.21. The van der Waals surface area contributed by atoms with Gasteiger partial charge in [0, 0.05) is 29.9 Å². The van der Waals surface area contributed by atoms with Crippen molar-refractivity contribution < 1.29 is 4.79 Å². The lowest BCUT2D eigenvalue weighted by Crippen LogP contribution is -2.18. The Morgan fingerprint density at radius 3 is 2.74 bits per heavy atom. The van der Waals surface area contributed by atoms with Gasteiger partial charge in [-0.05, 0) is 67.4 Å². The average Bonchev–Trinajstić information content (AvgIpc) is 3.45. The molecule has 0 atom stereocenters. The number of aromatic amines is 1. The standard InChI is InChI=1S/C23H23N7O/c24-21-6-4-18(13-26-21)27-23(31)22-19-10-16(3-5-20(19)28-29-22)17-9-15(11-25-12-17)14-30-7-1-2-8-30/h3-6,9-13H,1-2,7-8,14H2,(H2,24,26)(H,27,31)(H,28,29). The Morgan fingerprint density at radius 2 is 1.94 bits per heavy atom. The van der Waals surface area contributed by atoms with Crippen molar-refractivity contribution in [2.24, 2.45) is 0 Å². The smallest absolute Gasteiger partial charge is 0.276 e. The number of hydrogen-bond donors (Lipinski definition) is 3. The van der Waals surface area contributed by atoms with Crippen LogP contribution in [0.4, 0.5) is 11.5 Å². The van der Waals surface area contributed by atoms with E-state index in [2.05, 4.69) is 36.4 Å². The fourth-order valence-corrected chi connectivity index (χ4v) is 3.97. The van der Waals surface area contributed by atoms with E-state index in [0.29, 0.717) is 17.2 Å². The lowest BCUT2D eigenvalue weighted by atomic mass is 10.0. The zero-order valence-corrected chi connectivity index (χ0v) is 17.0. The Balaban J connectivity index is 1.42. The summed E-state index contributed by atoms with van der Waals surface area (Å²) in [5, 5.41) is 10.7. The Hall–Kier alpha value is -3.78. The first-order valence-corrected chi connectivity index (χ1v) is 10.3. The maximum atomic E-state index is 12.8. The summed E-state index contributed by atoms with van der Waals surface area (Å²) in [5.41, 5.74) is 10.5. The molecule has 4 aromatic rings. The Labute approximate surface area is 179 Å². The maximum absolute atomic E-state index is 12.8. The molecule has 4 N–H and O–H groups in total. The molecular weight excluding hydrogens is 390 g/mol. The van der Waals surface area contributed by atoms with Crippen molar-refractivity contribution >= 4 is 28.3 Å². The number of carbonyl (C=O) groups excluding carboxylic acids is 1. The third-order valence-electron chi connectivity index (χ3n) is 5.56. The zero-order chi connectivity index (χ0) is 21.2. The second-order valence-corrected chi connectivity index (χ2v) is 7.82. The number of benzene rings is 1. The SMILES string of the molecule is Nc1ccc(NC(=O)c2n[nH]c3ccc(-c4cncc(CN5CCCC5)c4)cc23)cn1. The third-order valence-corrected chi connectivity index (χ3v) is 5.56. The second kappa shape index (κ2) is 8.16. The molecule has 5 rings (SSSR count). The number of nitrogens with one attached hydrogen (secondary N) is 2. The van der Waals surface area contributed by atoms with Gasteiger partial charge in [-0.1, -0.05) is 6.07 Å². The molecule has 156 valence electrons. The van der Waals surface area contributed by atoms with Gasteiger partial charge in [-0.2, -0.15) is 5.10 Å². The van der Waals surface area contributed by atoms with E-state index in [1.54, 1.807) is 12.1 Å². The van der Waals surface area contributed by atoms with Crippen molar-refractivity contribution in [3.63, 3.8) is 0 Å². The summed E-state index contributed by atoms with van der Waals surface area (Å²) in [6.07, 6.45) is 7.83. The van der Waals surface area contributed by atoms with E-state index in [1.807, 2.05) is 30.6 Å². The maximum Gasteiger partial charge on any atom is 0.276 e. The third kappa shape index (κ3) is 4.10. The number of fused-ring (bicyclic) bond motifs is 1. The fourth-order valence-electron chi connectivity index (χ4n) is 3.97. The number of nitrogen functional groups attached to an aromatic ring is 1. The number of amides is 1. The summed E-state index contributed by atoms with van der Waals surface area (Å²) < 4.78 is 0. The molecular formula is C23H23N7O. The van der Waals surface area contributed by atoms with E-state index >= 15 is 0 Å². The van der Waals surface area contributed by atoms with Gasteiger partial charge in [-0.3, -0.25) is 19.8 Å². The van der Waals surface area contributed by atoms with Gasteiger partial charge in [0.2, 0.25) is 0 Å². The van der Waals surface area contributed by atoms with Crippen molar-refractivity contribution in [3.05, 3.63) is 66.2 Å². The minimum absolute atomic E-state index is 0.309. The topological polar surface area (TPSA) is 113 Å². The van der Waals surface area contributed by atoms with Gasteiger partial charge in [0.05, 0.1) is 17.4 Å². The molecule has 8 nitrogen and oxygen atoms in total. The highest BCUT2D eigenvalue weighted by atomic mass is 16.1. The van der Waals surface area contributed by atoms with Gasteiger partial charge in [-0.25, -0.2) is 4.98 Å². The molecule has 1 aliphatic heterocycles. The molecule has 1 aromatic carbocycles. The molecule has 31 heavy (non-hydrogen) atoms. The molecule has 0 bridgehead atoms. The number of pyridine rings is 2. The molecule has 3 aromatic heterocycles. The largest absolute Gasteiger partial charge is 0.384 e. The molecule has 1 amide bonds. The van der Waals surface area contributed by atoms with E-state index in [4.69, 9.17) is 5.73 Å². The summed E-state index contributed by atoms with van der Waals surface area (Å²) in [5.74, 6) is 0.0873. The molecule has 8 heteroatoms. The van der Waals surface area contributed by atoms with Crippen molar-refractivity contribution in [2.75, 3.05) is 24.1 Å². The van der Waals surface area contributed by atoms with E-state index < -0.39 is 0 Å². The van der Waals surface area contributed by atoms with Crippen LogP contribution in [0.15, 0.2) is 55.0 Å². The van der Waals surface area contributed by atoms with Crippen molar-refractivity contribution in [2.45, 2.75) is 19.4 Å². The fraction of sp³-hybridized carbons (Fsp3) is 0.217. The van der Waals surface area contributed by atoms with Crippen LogP contribution in [-0.4, -0.2) is 44.1 Å². The quantitative estimate of drug-likeness (QED) is 0.462. The number of rotatable bonds is 5. The highest BCUT2D eigenvalue weighted by molar-refractivity contribution is 6.11. The number of H-pyrrole nitrogens is 1. The van der Waals surface area contributed by atoms with Crippen LogP contribution in [0, 0.1) is 0 Å². The molecule has 1 fully saturated rings. The average molecular weight is 413 g/mol. The number of likely N-dealkylation sites (tertiary alicyclic amines) is 1. The number of nitrogens with two attached hydrogens (primary N) is 1. The normalized spacial score (nSPS) is 14.2. The zero-order valence-electron chi connectivity index (χ0n) is 17.0. The minimum Gasteiger partial charge on any atom is -0.384 e. The first-order valence-electron chi connectivity index (χ1n) is 10.3. The molecule has 0 aliphatic carbocycles. The van der Waals surface area contributed by atoms with Crippen LogP contribution < -0.4 is 11.1 Å². The Kier molecular flexibility index (Phi) is 5.05. The van der Waals surface area contributed by atoms with E-state index in [1.165, 1.54) is 24.6 Å². The van der Waals surface area contributed by atoms with Crippen molar-refractivity contribution in [1.82, 2.24) is 25.1 Å². The molecule has 0 spiro atoms. The van der Waals surface area contributed by atoms with Gasteiger partial charge in [0.15, 0.2) is 5.69 Å². The number of anilines is 2. The molecule has 0 unspecified atom stereocenters. The van der Waals surface area contributed by atoms with Gasteiger partial charge in [0.1, 0.15) is 5.82 Å². The first kappa shape index (κ1) is 19.2. The van der Waals surface area contributed by atoms with Crippen molar-refractivity contribution in [3.8, 4) is 11.1 Å². The summed E-state index contributed by atoms with van der Waals surface area (Å²) >= 11 is 0. The van der Waals surface area contributed by atoms with Gasteiger partial charge in [-0.15, -0.1) is 0 Å². The monoisotopic (exact) mass is 413 g/mol. The first-order chi connectivity index (χ1) is 15.2. The summed E-state index contributed by atoms with van der Waals surface area (Å²) in [4.78, 5) is 23.7. The van der Waals surface area contributed by atoms with Crippen LogP contribution in [0.3, 0.4) is 0 Å². The van der Waals surface area contributed by atoms with Crippen LogP contribution in [0.5, 0.6) is 0 Å². The van der Waals surface area contributed by atoms with Crippen LogP contribution in [0.2, 0.25) is 0 Å². The molecule has 1 aliphatic rings. The van der Waals surface area contributed by atoms with Crippen molar-refractivity contribution in [1.29, 1.82) is 0 Å². The lowest BCUT2D eigenvalue weighted by Gasteiger charge is -2.14. The van der Waals surface area contributed by atoms with Crippen LogP contribution in [0.1, 0.15) is 28.9 Å². The summed E-state index contributed by atoms with van der Waals surface area (Å²) in [6, 6.07) is 11.4. The van der Waals surface area contributed by atoms with Gasteiger partial charge < -0.3 is 11.1 Å². The minimum atomic E-state index is -0.309. The predicted octanol–water partition coefficient (Wildman–Crippen LogP) is 3.45. The molecule has 1 saturated heterocycles. The molecule has 4 heterocycles. The van der Waals surface area contributed by atoms with Gasteiger partial charge in [0.25, 0.3) is 5.91 Å².